The predicted octanol–water partition coefficient (Wildman–Crippen LogP) is 0.0942. The van der Waals surface area contributed by atoms with Gasteiger partial charge >= 0.3 is 0 Å². The minimum absolute atomic E-state index is 0.0427. The standard InChI is InChI=1S/C11H18N2O3/c1-12-10(15)6-5-9(14)8-13-7-3-2-4-11(13)16/h2-8H2,1H3,(H,12,15). The Hall–Kier alpha value is -1.39. The molecule has 0 aromatic carbocycles. The Bertz CT molecular complexity index is 289. The van der Waals surface area contributed by atoms with Gasteiger partial charge in [-0.1, -0.05) is 0 Å². The van der Waals surface area contributed by atoms with E-state index in [1.165, 1.54) is 0 Å². The summed E-state index contributed by atoms with van der Waals surface area (Å²) in [6.45, 7) is 0.834. The van der Waals surface area contributed by atoms with Crippen LogP contribution in [0.2, 0.25) is 0 Å². The molecular formula is C11H18N2O3. The number of piperidine rings is 1. The van der Waals surface area contributed by atoms with Gasteiger partial charge in [-0.3, -0.25) is 14.4 Å². The van der Waals surface area contributed by atoms with E-state index in [2.05, 4.69) is 5.32 Å². The zero-order chi connectivity index (χ0) is 12.0. The van der Waals surface area contributed by atoms with Crippen molar-refractivity contribution in [1.29, 1.82) is 0 Å². The van der Waals surface area contributed by atoms with Gasteiger partial charge in [-0.15, -0.1) is 0 Å². The maximum Gasteiger partial charge on any atom is 0.222 e. The van der Waals surface area contributed by atoms with E-state index in [9.17, 15) is 14.4 Å². The predicted molar refractivity (Wildman–Crippen MR) is 58.7 cm³/mol. The van der Waals surface area contributed by atoms with Crippen molar-refractivity contribution in [3.8, 4) is 0 Å². The third kappa shape index (κ3) is 4.00. The number of nitrogens with one attached hydrogen (secondary N) is 1. The van der Waals surface area contributed by atoms with Gasteiger partial charge in [0.05, 0.1) is 6.54 Å². The second-order valence-electron chi connectivity index (χ2n) is 3.98. The Morgan fingerprint density at radius 3 is 2.69 bits per heavy atom. The van der Waals surface area contributed by atoms with E-state index >= 15 is 0 Å². The number of ketones is 1. The molecule has 1 N–H and O–H groups in total. The van der Waals surface area contributed by atoms with Crippen molar-refractivity contribution < 1.29 is 14.4 Å². The summed E-state index contributed by atoms with van der Waals surface area (Å²) in [7, 11) is 1.54. The summed E-state index contributed by atoms with van der Waals surface area (Å²) in [4.78, 5) is 35.4. The molecule has 16 heavy (non-hydrogen) atoms. The first-order valence-corrected chi connectivity index (χ1v) is 5.63. The molecule has 1 aliphatic heterocycles. The van der Waals surface area contributed by atoms with Gasteiger partial charge in [0, 0.05) is 32.9 Å². The smallest absolute Gasteiger partial charge is 0.222 e. The lowest BCUT2D eigenvalue weighted by Crippen LogP contribution is -2.39. The molecule has 0 bridgehead atoms. The number of nitrogens with zero attached hydrogens (tertiary/aromatic N) is 1. The molecule has 0 aromatic heterocycles. The normalized spacial score (nSPS) is 16.1. The van der Waals surface area contributed by atoms with E-state index in [4.69, 9.17) is 0 Å². The van der Waals surface area contributed by atoms with Crippen LogP contribution in [0.1, 0.15) is 32.1 Å². The van der Waals surface area contributed by atoms with Crippen molar-refractivity contribution in [3.63, 3.8) is 0 Å². The number of Topliss-reactive ketones (excluding diaryl/α,β-unsaturated/α-hetero) is 1. The topological polar surface area (TPSA) is 66.5 Å². The second kappa shape index (κ2) is 6.25. The van der Waals surface area contributed by atoms with Crippen LogP contribution < -0.4 is 5.32 Å². The summed E-state index contributed by atoms with van der Waals surface area (Å²) in [5, 5.41) is 2.46. The number of hydrogen-bond donors (Lipinski definition) is 1. The first-order valence-electron chi connectivity index (χ1n) is 5.63. The van der Waals surface area contributed by atoms with Crippen LogP contribution >= 0.6 is 0 Å². The molecular weight excluding hydrogens is 208 g/mol. The van der Waals surface area contributed by atoms with E-state index in [1.54, 1.807) is 11.9 Å². The molecule has 0 spiro atoms. The van der Waals surface area contributed by atoms with E-state index in [1.807, 2.05) is 0 Å². The van der Waals surface area contributed by atoms with Gasteiger partial charge in [0.15, 0.2) is 5.78 Å². The summed E-state index contributed by atoms with van der Waals surface area (Å²) in [6, 6.07) is 0. The first-order chi connectivity index (χ1) is 7.63. The highest BCUT2D eigenvalue weighted by Gasteiger charge is 2.20. The molecule has 0 radical (unpaired) electrons. The van der Waals surface area contributed by atoms with Crippen LogP contribution in [0.25, 0.3) is 0 Å². The summed E-state index contributed by atoms with van der Waals surface area (Å²) >= 11 is 0. The molecule has 1 saturated heterocycles. The second-order valence-corrected chi connectivity index (χ2v) is 3.98. The summed E-state index contributed by atoms with van der Waals surface area (Å²) < 4.78 is 0. The van der Waals surface area contributed by atoms with E-state index in [0.717, 1.165) is 12.8 Å². The fourth-order valence-corrected chi connectivity index (χ4v) is 1.70. The van der Waals surface area contributed by atoms with Gasteiger partial charge < -0.3 is 10.2 Å². The largest absolute Gasteiger partial charge is 0.359 e. The SMILES string of the molecule is CNC(=O)CCC(=O)CN1CCCCC1=O. The third-order valence-corrected chi connectivity index (χ3v) is 2.70. The van der Waals surface area contributed by atoms with Crippen molar-refractivity contribution in [3.05, 3.63) is 0 Å². The highest BCUT2D eigenvalue weighted by atomic mass is 16.2. The van der Waals surface area contributed by atoms with Crippen LogP contribution in [0.15, 0.2) is 0 Å². The van der Waals surface area contributed by atoms with E-state index in [0.29, 0.717) is 13.0 Å². The number of carbonyl (C=O) groups excluding carboxylic acids is 3. The maximum absolute atomic E-state index is 11.5. The van der Waals surface area contributed by atoms with Crippen LogP contribution in [-0.4, -0.2) is 42.6 Å². The highest BCUT2D eigenvalue weighted by Crippen LogP contribution is 2.10. The molecule has 5 heteroatoms. The lowest BCUT2D eigenvalue weighted by molar-refractivity contribution is -0.137. The monoisotopic (exact) mass is 226 g/mol. The van der Waals surface area contributed by atoms with Crippen molar-refractivity contribution in [2.75, 3.05) is 20.1 Å². The average Bonchev–Trinajstić information content (AvgIpc) is 2.29. The summed E-state index contributed by atoms with van der Waals surface area (Å²) in [5.74, 6) is -0.128. The quantitative estimate of drug-likeness (QED) is 0.722. The Balaban J connectivity index is 2.27. The Labute approximate surface area is 95.2 Å². The molecule has 0 saturated carbocycles. The molecule has 0 unspecified atom stereocenters. The number of rotatable bonds is 5. The molecule has 0 aromatic rings. The van der Waals surface area contributed by atoms with Crippen LogP contribution in [-0.2, 0) is 14.4 Å². The Morgan fingerprint density at radius 1 is 1.31 bits per heavy atom. The highest BCUT2D eigenvalue weighted by molar-refractivity contribution is 5.89. The molecule has 1 aliphatic rings. The summed E-state index contributed by atoms with van der Waals surface area (Å²) in [6.07, 6.45) is 2.85. The van der Waals surface area contributed by atoms with Gasteiger partial charge in [-0.25, -0.2) is 0 Å². The van der Waals surface area contributed by atoms with Crippen molar-refractivity contribution >= 4 is 17.6 Å². The fourth-order valence-electron chi connectivity index (χ4n) is 1.70. The van der Waals surface area contributed by atoms with Gasteiger partial charge in [-0.2, -0.15) is 0 Å². The molecule has 5 nitrogen and oxygen atoms in total. The minimum Gasteiger partial charge on any atom is -0.359 e. The van der Waals surface area contributed by atoms with Crippen LogP contribution in [0.5, 0.6) is 0 Å². The molecule has 2 amide bonds. The molecule has 0 atom stereocenters. The number of hydrogen-bond acceptors (Lipinski definition) is 3. The number of amides is 2. The molecule has 0 aliphatic carbocycles. The number of carbonyl (C=O) groups is 3. The number of likely N-dealkylation sites (tertiary alicyclic amines) is 1. The lowest BCUT2D eigenvalue weighted by atomic mass is 10.1. The summed E-state index contributed by atoms with van der Waals surface area (Å²) in [5.41, 5.74) is 0. The molecule has 1 rings (SSSR count). The van der Waals surface area contributed by atoms with Gasteiger partial charge in [-0.05, 0) is 12.8 Å². The Kier molecular flexibility index (Phi) is 4.95. The van der Waals surface area contributed by atoms with Crippen molar-refractivity contribution in [2.45, 2.75) is 32.1 Å². The lowest BCUT2D eigenvalue weighted by Gasteiger charge is -2.25. The third-order valence-electron chi connectivity index (χ3n) is 2.70. The van der Waals surface area contributed by atoms with Crippen molar-refractivity contribution in [2.24, 2.45) is 0 Å². The minimum atomic E-state index is -0.140. The first kappa shape index (κ1) is 12.7. The van der Waals surface area contributed by atoms with E-state index in [-0.39, 0.29) is 37.0 Å². The zero-order valence-corrected chi connectivity index (χ0v) is 9.62. The van der Waals surface area contributed by atoms with Crippen LogP contribution in [0.4, 0.5) is 0 Å². The van der Waals surface area contributed by atoms with Crippen molar-refractivity contribution in [1.82, 2.24) is 10.2 Å². The maximum atomic E-state index is 11.5. The Morgan fingerprint density at radius 2 is 2.06 bits per heavy atom. The van der Waals surface area contributed by atoms with Gasteiger partial charge in [0.25, 0.3) is 0 Å². The van der Waals surface area contributed by atoms with Gasteiger partial charge in [0.1, 0.15) is 0 Å². The molecule has 90 valence electrons. The molecule has 1 fully saturated rings. The van der Waals surface area contributed by atoms with E-state index < -0.39 is 0 Å². The average molecular weight is 226 g/mol. The van der Waals surface area contributed by atoms with Gasteiger partial charge in [0.2, 0.25) is 11.8 Å². The fraction of sp³-hybridized carbons (Fsp3) is 0.727. The van der Waals surface area contributed by atoms with Crippen LogP contribution in [0.3, 0.4) is 0 Å². The van der Waals surface area contributed by atoms with Crippen LogP contribution in [0, 0.1) is 0 Å². The zero-order valence-electron chi connectivity index (χ0n) is 9.62. The molecule has 1 heterocycles.